The van der Waals surface area contributed by atoms with Crippen molar-refractivity contribution >= 4 is 33.1 Å². The van der Waals surface area contributed by atoms with Crippen LogP contribution in [0.1, 0.15) is 35.1 Å². The molecule has 0 bridgehead atoms. The van der Waals surface area contributed by atoms with Crippen LogP contribution >= 0.6 is 11.3 Å². The summed E-state index contributed by atoms with van der Waals surface area (Å²) in [5, 5.41) is 13.3. The van der Waals surface area contributed by atoms with E-state index in [9.17, 15) is 9.59 Å². The van der Waals surface area contributed by atoms with Crippen molar-refractivity contribution in [1.82, 2.24) is 14.8 Å². The number of hydrogen-bond donors (Lipinski definition) is 1. The van der Waals surface area contributed by atoms with E-state index in [4.69, 9.17) is 4.74 Å². The van der Waals surface area contributed by atoms with Crippen LogP contribution in [0.2, 0.25) is 0 Å². The lowest BCUT2D eigenvalue weighted by Gasteiger charge is -2.11. The first kappa shape index (κ1) is 18.2. The van der Waals surface area contributed by atoms with Crippen molar-refractivity contribution in [3.05, 3.63) is 51.4 Å². The second kappa shape index (κ2) is 7.76. The number of carbonyl (C=O) groups excluding carboxylic acids is 1. The van der Waals surface area contributed by atoms with Gasteiger partial charge in [0.15, 0.2) is 0 Å². The third kappa shape index (κ3) is 3.66. The van der Waals surface area contributed by atoms with E-state index in [1.54, 1.807) is 37.6 Å². The number of hydrogen-bond acceptors (Lipinski definition) is 6. The number of benzene rings is 1. The summed E-state index contributed by atoms with van der Waals surface area (Å²) in [6, 6.07) is 7.08. The molecule has 1 amide bonds. The van der Waals surface area contributed by atoms with Crippen molar-refractivity contribution in [1.29, 1.82) is 0 Å². The molecule has 8 heteroatoms. The van der Waals surface area contributed by atoms with Gasteiger partial charge in [0, 0.05) is 36.5 Å². The van der Waals surface area contributed by atoms with Gasteiger partial charge >= 0.3 is 0 Å². The van der Waals surface area contributed by atoms with Gasteiger partial charge in [-0.2, -0.15) is 0 Å². The standard InChI is InChI=1S/C18H20N4O3S/c1-11(2)16-20-21-18(26-16)19-15(23)14-10-22(8-9-25-3)17(24)13-7-5-4-6-12(13)14/h4-7,10-11H,8-9H2,1-3H3,(H,19,21,23). The van der Waals surface area contributed by atoms with Crippen LogP contribution in [0.5, 0.6) is 0 Å². The summed E-state index contributed by atoms with van der Waals surface area (Å²) in [5.41, 5.74) is 0.268. The Hall–Kier alpha value is -2.58. The number of fused-ring (bicyclic) bond motifs is 1. The predicted octanol–water partition coefficient (Wildman–Crippen LogP) is 2.88. The molecule has 2 heterocycles. The van der Waals surface area contributed by atoms with Crippen LogP contribution in [0.3, 0.4) is 0 Å². The first-order valence-electron chi connectivity index (χ1n) is 8.27. The molecule has 0 aliphatic rings. The fraction of sp³-hybridized carbons (Fsp3) is 0.333. The molecule has 0 saturated heterocycles. The zero-order valence-electron chi connectivity index (χ0n) is 14.9. The zero-order chi connectivity index (χ0) is 18.7. The van der Waals surface area contributed by atoms with Crippen LogP contribution in [0.25, 0.3) is 10.8 Å². The molecule has 1 N–H and O–H groups in total. The number of carbonyl (C=O) groups is 1. The highest BCUT2D eigenvalue weighted by molar-refractivity contribution is 7.15. The molecule has 7 nitrogen and oxygen atoms in total. The Labute approximate surface area is 154 Å². The van der Waals surface area contributed by atoms with Crippen LogP contribution in [0.4, 0.5) is 5.13 Å². The second-order valence-electron chi connectivity index (χ2n) is 6.13. The molecule has 0 aliphatic carbocycles. The summed E-state index contributed by atoms with van der Waals surface area (Å²) in [7, 11) is 1.57. The number of ether oxygens (including phenoxy) is 1. The highest BCUT2D eigenvalue weighted by Gasteiger charge is 2.17. The summed E-state index contributed by atoms with van der Waals surface area (Å²) in [6.45, 7) is 4.79. The van der Waals surface area contributed by atoms with E-state index >= 15 is 0 Å². The van der Waals surface area contributed by atoms with Crippen LogP contribution in [-0.2, 0) is 11.3 Å². The van der Waals surface area contributed by atoms with Crippen LogP contribution < -0.4 is 10.9 Å². The molecule has 3 aromatic rings. The Morgan fingerprint density at radius 2 is 2.00 bits per heavy atom. The number of aromatic nitrogens is 3. The Balaban J connectivity index is 2.00. The quantitative estimate of drug-likeness (QED) is 0.719. The Kier molecular flexibility index (Phi) is 5.43. The van der Waals surface area contributed by atoms with Crippen molar-refractivity contribution in [2.24, 2.45) is 0 Å². The first-order chi connectivity index (χ1) is 12.5. The third-order valence-electron chi connectivity index (χ3n) is 3.93. The molecule has 0 unspecified atom stereocenters. The number of methoxy groups -OCH3 is 1. The Bertz CT molecular complexity index is 994. The first-order valence-corrected chi connectivity index (χ1v) is 9.08. The van der Waals surface area contributed by atoms with Gasteiger partial charge in [-0.15, -0.1) is 10.2 Å². The van der Waals surface area contributed by atoms with E-state index in [2.05, 4.69) is 15.5 Å². The van der Waals surface area contributed by atoms with Gasteiger partial charge in [-0.25, -0.2) is 0 Å². The molecule has 3 rings (SSSR count). The highest BCUT2D eigenvalue weighted by Crippen LogP contribution is 2.23. The largest absolute Gasteiger partial charge is 0.383 e. The summed E-state index contributed by atoms with van der Waals surface area (Å²) in [5.74, 6) is -0.0752. The highest BCUT2D eigenvalue weighted by atomic mass is 32.1. The fourth-order valence-electron chi connectivity index (χ4n) is 2.56. The van der Waals surface area contributed by atoms with Gasteiger partial charge in [-0.3, -0.25) is 14.9 Å². The lowest BCUT2D eigenvalue weighted by Crippen LogP contribution is -2.25. The minimum Gasteiger partial charge on any atom is -0.383 e. The molecule has 26 heavy (non-hydrogen) atoms. The van der Waals surface area contributed by atoms with Crippen molar-refractivity contribution < 1.29 is 9.53 Å². The van der Waals surface area contributed by atoms with Gasteiger partial charge in [0.25, 0.3) is 11.5 Å². The van der Waals surface area contributed by atoms with Crippen molar-refractivity contribution in [2.75, 3.05) is 19.0 Å². The second-order valence-corrected chi connectivity index (χ2v) is 7.14. The van der Waals surface area contributed by atoms with E-state index in [0.29, 0.717) is 34.6 Å². The molecule has 0 radical (unpaired) electrons. The molecule has 0 saturated carbocycles. The minimum atomic E-state index is -0.321. The van der Waals surface area contributed by atoms with Gasteiger partial charge in [-0.05, 0) is 6.07 Å². The number of anilines is 1. The Morgan fingerprint density at radius 3 is 2.65 bits per heavy atom. The van der Waals surface area contributed by atoms with E-state index in [0.717, 1.165) is 5.01 Å². The molecule has 136 valence electrons. The lowest BCUT2D eigenvalue weighted by molar-refractivity contribution is 0.102. The molecular formula is C18H20N4O3S. The third-order valence-corrected chi connectivity index (χ3v) is 5.07. The molecule has 0 atom stereocenters. The summed E-state index contributed by atoms with van der Waals surface area (Å²) < 4.78 is 6.56. The topological polar surface area (TPSA) is 86.1 Å². The van der Waals surface area contributed by atoms with Gasteiger partial charge in [0.05, 0.1) is 12.2 Å². The average molecular weight is 372 g/mol. The number of nitrogens with zero attached hydrogens (tertiary/aromatic N) is 3. The number of pyridine rings is 1. The maximum atomic E-state index is 12.8. The maximum Gasteiger partial charge on any atom is 0.259 e. The molecule has 1 aromatic carbocycles. The molecule has 0 spiro atoms. The number of rotatable bonds is 6. The van der Waals surface area contributed by atoms with Gasteiger partial charge in [-0.1, -0.05) is 43.4 Å². The lowest BCUT2D eigenvalue weighted by atomic mass is 10.1. The van der Waals surface area contributed by atoms with Crippen molar-refractivity contribution in [2.45, 2.75) is 26.3 Å². The molecule has 2 aromatic heterocycles. The van der Waals surface area contributed by atoms with Gasteiger partial charge in [0.2, 0.25) is 5.13 Å². The van der Waals surface area contributed by atoms with Crippen LogP contribution in [0.15, 0.2) is 35.3 Å². The van der Waals surface area contributed by atoms with E-state index < -0.39 is 0 Å². The number of nitrogens with one attached hydrogen (secondary N) is 1. The Morgan fingerprint density at radius 1 is 1.27 bits per heavy atom. The van der Waals surface area contributed by atoms with Crippen LogP contribution in [0, 0.1) is 0 Å². The van der Waals surface area contributed by atoms with Gasteiger partial charge in [0.1, 0.15) is 5.01 Å². The minimum absolute atomic E-state index is 0.146. The molecule has 0 fully saturated rings. The molecular weight excluding hydrogens is 352 g/mol. The van der Waals surface area contributed by atoms with E-state index in [-0.39, 0.29) is 17.4 Å². The monoisotopic (exact) mass is 372 g/mol. The summed E-state index contributed by atoms with van der Waals surface area (Å²) in [4.78, 5) is 25.4. The van der Waals surface area contributed by atoms with Crippen molar-refractivity contribution in [3.8, 4) is 0 Å². The number of amides is 1. The molecule has 0 aliphatic heterocycles. The van der Waals surface area contributed by atoms with E-state index in [1.165, 1.54) is 15.9 Å². The average Bonchev–Trinajstić information content (AvgIpc) is 3.10. The van der Waals surface area contributed by atoms with Crippen molar-refractivity contribution in [3.63, 3.8) is 0 Å². The maximum absolute atomic E-state index is 12.8. The normalized spacial score (nSPS) is 11.2. The SMILES string of the molecule is COCCn1cc(C(=O)Nc2nnc(C(C)C)s2)c2ccccc2c1=O. The zero-order valence-corrected chi connectivity index (χ0v) is 15.7. The van der Waals surface area contributed by atoms with E-state index in [1.807, 2.05) is 13.8 Å². The fourth-order valence-corrected chi connectivity index (χ4v) is 3.30. The van der Waals surface area contributed by atoms with Crippen LogP contribution in [-0.4, -0.2) is 34.4 Å². The summed E-state index contributed by atoms with van der Waals surface area (Å²) >= 11 is 1.35. The summed E-state index contributed by atoms with van der Waals surface area (Å²) in [6.07, 6.45) is 1.57. The predicted molar refractivity (Wildman–Crippen MR) is 102 cm³/mol. The smallest absolute Gasteiger partial charge is 0.259 e. The van der Waals surface area contributed by atoms with Gasteiger partial charge < -0.3 is 9.30 Å².